The van der Waals surface area contributed by atoms with Gasteiger partial charge in [0.1, 0.15) is 0 Å². The normalized spacial score (nSPS) is 15.9. The third kappa shape index (κ3) is 3.58. The number of sulfonamides is 1. The van der Waals surface area contributed by atoms with Gasteiger partial charge in [-0.2, -0.15) is 4.31 Å². The minimum Gasteiger partial charge on any atom is -0.313 e. The van der Waals surface area contributed by atoms with Crippen molar-refractivity contribution in [3.8, 4) is 0 Å². The Morgan fingerprint density at radius 3 is 2.57 bits per heavy atom. The number of benzene rings is 1. The van der Waals surface area contributed by atoms with Crippen LogP contribution in [0.1, 0.15) is 18.9 Å². The predicted molar refractivity (Wildman–Crippen MR) is 79.4 cm³/mol. The van der Waals surface area contributed by atoms with E-state index in [1.54, 1.807) is 6.07 Å². The number of para-hydroxylation sites is 1. The summed E-state index contributed by atoms with van der Waals surface area (Å²) in [7, 11) is -3.56. The summed E-state index contributed by atoms with van der Waals surface area (Å²) in [5.41, 5.74) is 0.0835. The molecule has 1 aromatic rings. The van der Waals surface area contributed by atoms with Gasteiger partial charge in [0, 0.05) is 37.3 Å². The largest absolute Gasteiger partial charge is 0.313 e. The van der Waals surface area contributed by atoms with E-state index >= 15 is 0 Å². The van der Waals surface area contributed by atoms with E-state index in [0.717, 1.165) is 0 Å². The van der Waals surface area contributed by atoms with Crippen molar-refractivity contribution in [2.75, 3.05) is 19.6 Å². The molecule has 1 aromatic carbocycles. The first-order valence-electron chi connectivity index (χ1n) is 6.88. The third-order valence-electron chi connectivity index (χ3n) is 3.49. The van der Waals surface area contributed by atoms with E-state index in [0.29, 0.717) is 26.1 Å². The van der Waals surface area contributed by atoms with Gasteiger partial charge in [-0.3, -0.25) is 10.1 Å². The van der Waals surface area contributed by atoms with Gasteiger partial charge in [-0.1, -0.05) is 25.1 Å². The van der Waals surface area contributed by atoms with Crippen molar-refractivity contribution in [1.82, 2.24) is 9.62 Å². The fraction of sp³-hybridized carbons (Fsp3) is 0.538. The minimum atomic E-state index is -3.56. The summed E-state index contributed by atoms with van der Waals surface area (Å²) < 4.78 is 26.6. The standard InChI is InChI=1S/C13H19N3O4S/c1-2-7-15(12-8-14-9-12)21(19,20)10-11-5-3-4-6-13(11)16(17)18/h3-6,12,14H,2,7-10H2,1H3. The molecule has 1 heterocycles. The molecule has 0 aromatic heterocycles. The summed E-state index contributed by atoms with van der Waals surface area (Å²) >= 11 is 0. The molecule has 0 saturated carbocycles. The molecule has 0 amide bonds. The molecule has 21 heavy (non-hydrogen) atoms. The molecule has 1 aliphatic heterocycles. The zero-order valence-electron chi connectivity index (χ0n) is 11.9. The Morgan fingerprint density at radius 1 is 1.38 bits per heavy atom. The number of nitro benzene ring substituents is 1. The van der Waals surface area contributed by atoms with E-state index < -0.39 is 14.9 Å². The average Bonchev–Trinajstić information content (AvgIpc) is 2.36. The second kappa shape index (κ2) is 6.50. The Kier molecular flexibility index (Phi) is 4.92. The van der Waals surface area contributed by atoms with Crippen molar-refractivity contribution in [3.05, 3.63) is 39.9 Å². The summed E-state index contributed by atoms with van der Waals surface area (Å²) in [6.07, 6.45) is 0.715. The summed E-state index contributed by atoms with van der Waals surface area (Å²) in [4.78, 5) is 10.4. The maximum Gasteiger partial charge on any atom is 0.273 e. The van der Waals surface area contributed by atoms with Crippen LogP contribution in [0.2, 0.25) is 0 Å². The van der Waals surface area contributed by atoms with Crippen LogP contribution in [-0.4, -0.2) is 43.3 Å². The molecule has 1 fully saturated rings. The van der Waals surface area contributed by atoms with E-state index in [-0.39, 0.29) is 23.0 Å². The molecule has 0 spiro atoms. The van der Waals surface area contributed by atoms with Gasteiger partial charge in [0.05, 0.1) is 10.7 Å². The zero-order chi connectivity index (χ0) is 15.5. The van der Waals surface area contributed by atoms with Crippen molar-refractivity contribution in [2.24, 2.45) is 0 Å². The van der Waals surface area contributed by atoms with E-state index in [2.05, 4.69) is 5.32 Å². The smallest absolute Gasteiger partial charge is 0.273 e. The lowest BCUT2D eigenvalue weighted by molar-refractivity contribution is -0.385. The zero-order valence-corrected chi connectivity index (χ0v) is 12.7. The highest BCUT2D eigenvalue weighted by molar-refractivity contribution is 7.88. The monoisotopic (exact) mass is 313 g/mol. The molecule has 8 heteroatoms. The summed E-state index contributed by atoms with van der Waals surface area (Å²) in [6.45, 7) is 3.63. The lowest BCUT2D eigenvalue weighted by Gasteiger charge is -2.37. The van der Waals surface area contributed by atoms with Gasteiger partial charge in [0.2, 0.25) is 10.0 Å². The van der Waals surface area contributed by atoms with E-state index in [9.17, 15) is 18.5 Å². The van der Waals surface area contributed by atoms with Crippen molar-refractivity contribution < 1.29 is 13.3 Å². The van der Waals surface area contributed by atoms with E-state index in [1.807, 2.05) is 6.92 Å². The average molecular weight is 313 g/mol. The molecule has 2 rings (SSSR count). The SMILES string of the molecule is CCCN(C1CNC1)S(=O)(=O)Cc1ccccc1[N+](=O)[O-]. The van der Waals surface area contributed by atoms with Crippen LogP contribution in [0.5, 0.6) is 0 Å². The van der Waals surface area contributed by atoms with Gasteiger partial charge in [0.15, 0.2) is 0 Å². The number of hydrogen-bond acceptors (Lipinski definition) is 5. The highest BCUT2D eigenvalue weighted by atomic mass is 32.2. The van der Waals surface area contributed by atoms with Gasteiger partial charge in [-0.05, 0) is 6.42 Å². The van der Waals surface area contributed by atoms with Crippen molar-refractivity contribution in [2.45, 2.75) is 25.1 Å². The Labute approximate surface area is 124 Å². The molecule has 0 aliphatic carbocycles. The van der Waals surface area contributed by atoms with Crippen LogP contribution in [0.3, 0.4) is 0 Å². The summed E-state index contributed by atoms with van der Waals surface area (Å²) in [5, 5.41) is 14.0. The van der Waals surface area contributed by atoms with Crippen molar-refractivity contribution >= 4 is 15.7 Å². The number of rotatable bonds is 7. The topological polar surface area (TPSA) is 92.6 Å². The van der Waals surface area contributed by atoms with Crippen molar-refractivity contribution in [1.29, 1.82) is 0 Å². The highest BCUT2D eigenvalue weighted by Gasteiger charge is 2.34. The van der Waals surface area contributed by atoms with Crippen LogP contribution in [0, 0.1) is 10.1 Å². The molecule has 0 bridgehead atoms. The quantitative estimate of drug-likeness (QED) is 0.601. The van der Waals surface area contributed by atoms with Gasteiger partial charge < -0.3 is 5.32 Å². The first-order chi connectivity index (χ1) is 9.95. The third-order valence-corrected chi connectivity index (χ3v) is 5.37. The molecule has 1 N–H and O–H groups in total. The maximum atomic E-state index is 12.6. The number of nitro groups is 1. The highest BCUT2D eigenvalue weighted by Crippen LogP contribution is 2.23. The second-order valence-corrected chi connectivity index (χ2v) is 6.99. The van der Waals surface area contributed by atoms with Crippen LogP contribution in [-0.2, 0) is 15.8 Å². The molecule has 1 saturated heterocycles. The lowest BCUT2D eigenvalue weighted by atomic mass is 10.2. The Morgan fingerprint density at radius 2 is 2.05 bits per heavy atom. The Bertz CT molecular complexity index is 614. The Hall–Kier alpha value is -1.51. The number of hydrogen-bond donors (Lipinski definition) is 1. The summed E-state index contributed by atoms with van der Waals surface area (Å²) in [6, 6.07) is 5.94. The van der Waals surface area contributed by atoms with Gasteiger partial charge in [0.25, 0.3) is 5.69 Å². The molecule has 7 nitrogen and oxygen atoms in total. The van der Waals surface area contributed by atoms with Crippen LogP contribution in [0.15, 0.2) is 24.3 Å². The van der Waals surface area contributed by atoms with Crippen LogP contribution >= 0.6 is 0 Å². The maximum absolute atomic E-state index is 12.6. The molecular formula is C13H19N3O4S. The van der Waals surface area contributed by atoms with E-state index in [1.165, 1.54) is 22.5 Å². The minimum absolute atomic E-state index is 0.0438. The van der Waals surface area contributed by atoms with Crippen LogP contribution in [0.25, 0.3) is 0 Å². The van der Waals surface area contributed by atoms with Gasteiger partial charge >= 0.3 is 0 Å². The number of nitrogens with zero attached hydrogens (tertiary/aromatic N) is 2. The number of nitrogens with one attached hydrogen (secondary N) is 1. The van der Waals surface area contributed by atoms with Crippen LogP contribution in [0.4, 0.5) is 5.69 Å². The predicted octanol–water partition coefficient (Wildman–Crippen LogP) is 1.11. The first kappa shape index (κ1) is 15.9. The first-order valence-corrected chi connectivity index (χ1v) is 8.49. The van der Waals surface area contributed by atoms with E-state index in [4.69, 9.17) is 0 Å². The van der Waals surface area contributed by atoms with Crippen molar-refractivity contribution in [3.63, 3.8) is 0 Å². The molecule has 116 valence electrons. The molecule has 0 atom stereocenters. The van der Waals surface area contributed by atoms with Gasteiger partial charge in [-0.25, -0.2) is 8.42 Å². The molecule has 0 radical (unpaired) electrons. The molecule has 1 aliphatic rings. The van der Waals surface area contributed by atoms with Gasteiger partial charge in [-0.15, -0.1) is 0 Å². The summed E-state index contributed by atoms with van der Waals surface area (Å²) in [5.74, 6) is -0.333. The molecule has 0 unspecified atom stereocenters. The molecular weight excluding hydrogens is 294 g/mol. The second-order valence-electron chi connectivity index (χ2n) is 5.06. The lowest BCUT2D eigenvalue weighted by Crippen LogP contribution is -2.59. The van der Waals surface area contributed by atoms with Crippen LogP contribution < -0.4 is 5.32 Å². The fourth-order valence-corrected chi connectivity index (χ4v) is 4.20. The Balaban J connectivity index is 2.25. The fourth-order valence-electron chi connectivity index (χ4n) is 2.34.